The van der Waals surface area contributed by atoms with Gasteiger partial charge >= 0.3 is 0 Å². The first kappa shape index (κ1) is 26.4. The van der Waals surface area contributed by atoms with Crippen molar-refractivity contribution < 1.29 is 31.8 Å². The zero-order chi connectivity index (χ0) is 24.4. The normalized spacial score (nSPS) is 12.3. The van der Waals surface area contributed by atoms with E-state index < -0.39 is 16.1 Å². The van der Waals surface area contributed by atoms with Crippen molar-refractivity contribution in [1.29, 1.82) is 0 Å². The number of methoxy groups -OCH3 is 1. The molecular weight excluding hydrogens is 451 g/mol. The molecule has 2 aromatic carbocycles. The highest BCUT2D eigenvalue weighted by Gasteiger charge is 2.24. The second-order valence-corrected chi connectivity index (χ2v) is 9.57. The van der Waals surface area contributed by atoms with Crippen molar-refractivity contribution in [1.82, 2.24) is 10.0 Å². The maximum atomic E-state index is 13.2. The van der Waals surface area contributed by atoms with Crippen molar-refractivity contribution in [3.8, 4) is 17.2 Å². The van der Waals surface area contributed by atoms with Crippen molar-refractivity contribution in [3.63, 3.8) is 0 Å². The molecule has 10 heteroatoms. The first-order chi connectivity index (χ1) is 15.6. The molecule has 0 aliphatic rings. The fraction of sp³-hybridized carbons (Fsp3) is 0.435. The van der Waals surface area contributed by atoms with Crippen LogP contribution in [-0.2, 0) is 21.2 Å². The van der Waals surface area contributed by atoms with Crippen LogP contribution in [0.15, 0.2) is 42.5 Å². The average molecular weight is 483 g/mol. The lowest BCUT2D eigenvalue weighted by Crippen LogP contribution is -2.49. The van der Waals surface area contributed by atoms with E-state index in [2.05, 4.69) is 10.0 Å². The van der Waals surface area contributed by atoms with E-state index in [4.69, 9.17) is 14.2 Å². The average Bonchev–Trinajstić information content (AvgIpc) is 2.74. The number of hydrogen-bond donors (Lipinski definition) is 2. The van der Waals surface area contributed by atoms with Crippen LogP contribution < -0.4 is 24.2 Å². The number of halogens is 1. The Hall–Kier alpha value is -2.85. The van der Waals surface area contributed by atoms with Crippen LogP contribution in [0.25, 0.3) is 0 Å². The van der Waals surface area contributed by atoms with E-state index in [1.165, 1.54) is 19.2 Å². The molecule has 0 aliphatic heterocycles. The van der Waals surface area contributed by atoms with Crippen LogP contribution in [0.3, 0.4) is 0 Å². The molecule has 0 aliphatic carbocycles. The summed E-state index contributed by atoms with van der Waals surface area (Å²) in [6.07, 6.45) is 1.55. The Kier molecular flexibility index (Phi) is 9.93. The van der Waals surface area contributed by atoms with Gasteiger partial charge in [-0.1, -0.05) is 26.0 Å². The standard InChI is InChI=1S/C23H31FN2O6S/c1-16(2)22(26-33(4,28)29)23(27)25-11-10-17-8-9-20(21(14-17)30-3)32-13-12-31-19-7-5-6-18(24)15-19/h5-9,14-16,22,26H,10-13H2,1-4H3,(H,25,27)/t22-/m0/s1. The molecule has 182 valence electrons. The molecule has 0 saturated heterocycles. The number of nitrogens with one attached hydrogen (secondary N) is 2. The second-order valence-electron chi connectivity index (χ2n) is 7.79. The van der Waals surface area contributed by atoms with Gasteiger partial charge in [-0.2, -0.15) is 0 Å². The zero-order valence-electron chi connectivity index (χ0n) is 19.3. The summed E-state index contributed by atoms with van der Waals surface area (Å²) in [7, 11) is -1.97. The SMILES string of the molecule is COc1cc(CCNC(=O)[C@@H](NS(C)(=O)=O)C(C)C)ccc1OCCOc1cccc(F)c1. The summed E-state index contributed by atoms with van der Waals surface area (Å²) in [6.45, 7) is 4.36. The summed E-state index contributed by atoms with van der Waals surface area (Å²) in [5.41, 5.74) is 0.910. The van der Waals surface area contributed by atoms with Gasteiger partial charge in [-0.3, -0.25) is 4.79 Å². The molecule has 2 rings (SSSR count). The van der Waals surface area contributed by atoms with Crippen LogP contribution >= 0.6 is 0 Å². The third-order valence-electron chi connectivity index (χ3n) is 4.64. The molecule has 0 heterocycles. The van der Waals surface area contributed by atoms with Gasteiger partial charge in [-0.05, 0) is 42.2 Å². The molecule has 0 spiro atoms. The Morgan fingerprint density at radius 3 is 2.42 bits per heavy atom. The van der Waals surface area contributed by atoms with Gasteiger partial charge in [0, 0.05) is 12.6 Å². The van der Waals surface area contributed by atoms with Crippen molar-refractivity contribution >= 4 is 15.9 Å². The van der Waals surface area contributed by atoms with Crippen LogP contribution in [-0.4, -0.2) is 53.5 Å². The first-order valence-electron chi connectivity index (χ1n) is 10.5. The van der Waals surface area contributed by atoms with E-state index in [9.17, 15) is 17.6 Å². The van der Waals surface area contributed by atoms with E-state index in [-0.39, 0.29) is 30.9 Å². The number of carbonyl (C=O) groups excluding carboxylic acids is 1. The fourth-order valence-corrected chi connectivity index (χ4v) is 3.86. The summed E-state index contributed by atoms with van der Waals surface area (Å²) in [6, 6.07) is 10.5. The zero-order valence-corrected chi connectivity index (χ0v) is 20.1. The quantitative estimate of drug-likeness (QED) is 0.426. The molecule has 0 fully saturated rings. The maximum absolute atomic E-state index is 13.2. The minimum absolute atomic E-state index is 0.193. The minimum Gasteiger partial charge on any atom is -0.493 e. The van der Waals surface area contributed by atoms with E-state index in [1.54, 1.807) is 32.0 Å². The van der Waals surface area contributed by atoms with Crippen LogP contribution in [0, 0.1) is 11.7 Å². The number of hydrogen-bond acceptors (Lipinski definition) is 6. The second kappa shape index (κ2) is 12.4. The smallest absolute Gasteiger partial charge is 0.238 e. The van der Waals surface area contributed by atoms with Gasteiger partial charge in [-0.25, -0.2) is 17.5 Å². The Morgan fingerprint density at radius 2 is 1.79 bits per heavy atom. The molecule has 0 aromatic heterocycles. The third kappa shape index (κ3) is 9.27. The van der Waals surface area contributed by atoms with Crippen LogP contribution in [0.1, 0.15) is 19.4 Å². The number of carbonyl (C=O) groups is 1. The number of benzene rings is 2. The van der Waals surface area contributed by atoms with Gasteiger partial charge < -0.3 is 19.5 Å². The summed E-state index contributed by atoms with van der Waals surface area (Å²) in [5, 5.41) is 2.77. The molecule has 0 radical (unpaired) electrons. The Balaban J connectivity index is 1.85. The molecule has 1 atom stereocenters. The van der Waals surface area contributed by atoms with Crippen LogP contribution in [0.2, 0.25) is 0 Å². The summed E-state index contributed by atoms with van der Waals surface area (Å²) < 4.78 is 55.1. The van der Waals surface area contributed by atoms with Crippen molar-refractivity contribution in [2.24, 2.45) is 5.92 Å². The predicted molar refractivity (Wildman–Crippen MR) is 124 cm³/mol. The number of rotatable bonds is 13. The molecule has 2 N–H and O–H groups in total. The van der Waals surface area contributed by atoms with Crippen LogP contribution in [0.4, 0.5) is 4.39 Å². The minimum atomic E-state index is -3.50. The molecule has 8 nitrogen and oxygen atoms in total. The predicted octanol–water partition coefficient (Wildman–Crippen LogP) is 2.52. The van der Waals surface area contributed by atoms with Gasteiger partial charge in [-0.15, -0.1) is 0 Å². The summed E-state index contributed by atoms with van der Waals surface area (Å²) in [5.74, 6) is 0.554. The van der Waals surface area contributed by atoms with Crippen molar-refractivity contribution in [2.45, 2.75) is 26.3 Å². The highest BCUT2D eigenvalue weighted by atomic mass is 32.2. The molecule has 1 amide bonds. The van der Waals surface area contributed by atoms with Gasteiger partial charge in [0.1, 0.15) is 30.8 Å². The van der Waals surface area contributed by atoms with E-state index in [0.29, 0.717) is 30.2 Å². The topological polar surface area (TPSA) is 103 Å². The lowest BCUT2D eigenvalue weighted by Gasteiger charge is -2.20. The van der Waals surface area contributed by atoms with E-state index >= 15 is 0 Å². The highest BCUT2D eigenvalue weighted by Crippen LogP contribution is 2.28. The number of amides is 1. The lowest BCUT2D eigenvalue weighted by atomic mass is 10.0. The van der Waals surface area contributed by atoms with Gasteiger partial charge in [0.25, 0.3) is 0 Å². The maximum Gasteiger partial charge on any atom is 0.238 e. The first-order valence-corrected chi connectivity index (χ1v) is 12.4. The largest absolute Gasteiger partial charge is 0.493 e. The van der Waals surface area contributed by atoms with Gasteiger partial charge in [0.05, 0.1) is 13.4 Å². The molecule has 2 aromatic rings. The van der Waals surface area contributed by atoms with Crippen molar-refractivity contribution in [2.75, 3.05) is 33.1 Å². The van der Waals surface area contributed by atoms with Crippen LogP contribution in [0.5, 0.6) is 17.2 Å². The molecular formula is C23H31FN2O6S. The van der Waals surface area contributed by atoms with E-state index in [0.717, 1.165) is 11.8 Å². The van der Waals surface area contributed by atoms with Crippen molar-refractivity contribution in [3.05, 3.63) is 53.8 Å². The summed E-state index contributed by atoms with van der Waals surface area (Å²) >= 11 is 0. The number of ether oxygens (including phenoxy) is 3. The molecule has 0 saturated carbocycles. The Morgan fingerprint density at radius 1 is 1.06 bits per heavy atom. The Labute approximate surface area is 194 Å². The fourth-order valence-electron chi connectivity index (χ4n) is 3.02. The van der Waals surface area contributed by atoms with E-state index in [1.807, 2.05) is 12.1 Å². The highest BCUT2D eigenvalue weighted by molar-refractivity contribution is 7.88. The monoisotopic (exact) mass is 482 g/mol. The molecule has 0 unspecified atom stereocenters. The summed E-state index contributed by atoms with van der Waals surface area (Å²) in [4.78, 5) is 12.4. The third-order valence-corrected chi connectivity index (χ3v) is 5.32. The number of sulfonamides is 1. The molecule has 33 heavy (non-hydrogen) atoms. The Bertz CT molecular complexity index is 1030. The van der Waals surface area contributed by atoms with Gasteiger partial charge in [0.2, 0.25) is 15.9 Å². The lowest BCUT2D eigenvalue weighted by molar-refractivity contribution is -0.123. The molecule has 0 bridgehead atoms. The van der Waals surface area contributed by atoms with Gasteiger partial charge in [0.15, 0.2) is 11.5 Å².